The van der Waals surface area contributed by atoms with Gasteiger partial charge in [0.25, 0.3) is 7.82 Å². The van der Waals surface area contributed by atoms with E-state index in [0.717, 1.165) is 30.5 Å². The van der Waals surface area contributed by atoms with Gasteiger partial charge in [-0.3, -0.25) is 4.57 Å². The molecule has 0 amide bonds. The molecule has 98 valence electrons. The number of nitrogens with zero attached hydrogens (tertiary/aromatic N) is 1. The molecule has 0 saturated carbocycles. The first kappa shape index (κ1) is 16.1. The topological polar surface area (TPSA) is 69.6 Å². The maximum Gasteiger partial charge on any atom is 0.265 e. The number of phosphoric acid groups is 1. The molecule has 6 heteroatoms. The summed E-state index contributed by atoms with van der Waals surface area (Å²) in [5.74, 6) is 0. The van der Waals surface area contributed by atoms with Crippen LogP contribution in [-0.2, 0) is 9.09 Å². The zero-order valence-electron chi connectivity index (χ0n) is 10.7. The van der Waals surface area contributed by atoms with E-state index in [1.807, 2.05) is 6.92 Å². The van der Waals surface area contributed by atoms with Gasteiger partial charge in [0.05, 0.1) is 19.6 Å². The molecule has 0 aromatic heterocycles. The summed E-state index contributed by atoms with van der Waals surface area (Å²) in [7, 11) is -4.59. The molecule has 0 aromatic carbocycles. The fraction of sp³-hybridized carbons (Fsp3) is 1.00. The van der Waals surface area contributed by atoms with Crippen molar-refractivity contribution in [2.24, 2.45) is 0 Å². The summed E-state index contributed by atoms with van der Waals surface area (Å²) in [6.07, 6.45) is 0.829. The van der Waals surface area contributed by atoms with Crippen molar-refractivity contribution in [3.63, 3.8) is 0 Å². The van der Waals surface area contributed by atoms with E-state index < -0.39 is 7.82 Å². The van der Waals surface area contributed by atoms with E-state index in [4.69, 9.17) is 4.89 Å². The van der Waals surface area contributed by atoms with Crippen LogP contribution in [0.25, 0.3) is 0 Å². The Labute approximate surface area is 98.2 Å². The third kappa shape index (κ3) is 4.52. The first-order chi connectivity index (χ1) is 7.35. The van der Waals surface area contributed by atoms with Crippen LogP contribution in [0.5, 0.6) is 0 Å². The van der Waals surface area contributed by atoms with Crippen LogP contribution in [0.4, 0.5) is 0 Å². The van der Waals surface area contributed by atoms with Crippen molar-refractivity contribution in [3.05, 3.63) is 0 Å². The van der Waals surface area contributed by atoms with Crippen molar-refractivity contribution in [1.29, 1.82) is 0 Å². The Hall–Kier alpha value is 0.0700. The predicted octanol–water partition coefficient (Wildman–Crippen LogP) is 1.12. The monoisotopic (exact) mass is 253 g/mol. The molecule has 0 radical (unpaired) electrons. The van der Waals surface area contributed by atoms with Crippen LogP contribution in [0.15, 0.2) is 0 Å². The molecule has 2 atom stereocenters. The average molecular weight is 253 g/mol. The Morgan fingerprint density at radius 2 is 1.69 bits per heavy atom. The second-order valence-electron chi connectivity index (χ2n) is 3.99. The number of phosphoric ester groups is 1. The van der Waals surface area contributed by atoms with E-state index in [2.05, 4.69) is 25.3 Å². The molecule has 0 aliphatic heterocycles. The second-order valence-corrected chi connectivity index (χ2v) is 5.19. The van der Waals surface area contributed by atoms with Crippen molar-refractivity contribution in [1.82, 2.24) is 0 Å². The van der Waals surface area contributed by atoms with Crippen LogP contribution in [-0.4, -0.2) is 41.7 Å². The number of rotatable bonds is 8. The molecular weight excluding hydrogens is 229 g/mol. The number of hydrogen-bond donors (Lipinski definition) is 1. The molecular formula is C10H24NO4P. The van der Waals surface area contributed by atoms with Gasteiger partial charge in [-0.15, -0.1) is 0 Å². The molecule has 0 bridgehead atoms. The maximum absolute atomic E-state index is 10.6. The first-order valence-electron chi connectivity index (χ1n) is 5.89. The van der Waals surface area contributed by atoms with Gasteiger partial charge in [-0.25, -0.2) is 0 Å². The lowest BCUT2D eigenvalue weighted by atomic mass is 10.1. The van der Waals surface area contributed by atoms with E-state index in [9.17, 15) is 9.46 Å². The van der Waals surface area contributed by atoms with Crippen molar-refractivity contribution in [2.45, 2.75) is 40.2 Å². The second kappa shape index (κ2) is 6.72. The van der Waals surface area contributed by atoms with E-state index in [0.29, 0.717) is 0 Å². The van der Waals surface area contributed by atoms with Gasteiger partial charge in [-0.05, 0) is 27.2 Å². The summed E-state index contributed by atoms with van der Waals surface area (Å²) < 4.78 is 15.9. The fourth-order valence-corrected chi connectivity index (χ4v) is 2.65. The van der Waals surface area contributed by atoms with Crippen LogP contribution < -0.4 is 4.89 Å². The standard InChI is InChI=1S/C10H24NO4P/c1-5-10(9-15-16(12,13)14)11(6-2,7-3)8-4/h10H,5-9H2,1-4H3,(H-,12,13,14). The number of hydrogen-bond acceptors (Lipinski definition) is 3. The van der Waals surface area contributed by atoms with Crippen molar-refractivity contribution < 1.29 is 23.4 Å². The van der Waals surface area contributed by atoms with Crippen LogP contribution in [0.2, 0.25) is 0 Å². The van der Waals surface area contributed by atoms with E-state index in [1.165, 1.54) is 0 Å². The largest absolute Gasteiger partial charge is 0.756 e. The maximum atomic E-state index is 10.6. The molecule has 5 nitrogen and oxygen atoms in total. The minimum absolute atomic E-state index is 0.0588. The van der Waals surface area contributed by atoms with Crippen LogP contribution in [0, 0.1) is 0 Å². The van der Waals surface area contributed by atoms with Gasteiger partial charge < -0.3 is 18.8 Å². The van der Waals surface area contributed by atoms with Crippen LogP contribution in [0.1, 0.15) is 34.1 Å². The van der Waals surface area contributed by atoms with E-state index in [1.54, 1.807) is 0 Å². The Morgan fingerprint density at radius 3 is 1.94 bits per heavy atom. The van der Waals surface area contributed by atoms with Gasteiger partial charge in [-0.2, -0.15) is 0 Å². The van der Waals surface area contributed by atoms with Crippen molar-refractivity contribution in [3.8, 4) is 0 Å². The fourth-order valence-electron chi connectivity index (χ4n) is 2.29. The summed E-state index contributed by atoms with van der Waals surface area (Å²) in [4.78, 5) is 19.2. The lowest BCUT2D eigenvalue weighted by Gasteiger charge is -2.43. The molecule has 0 spiro atoms. The third-order valence-corrected chi connectivity index (χ3v) is 4.04. The molecule has 0 heterocycles. The Kier molecular flexibility index (Phi) is 6.75. The van der Waals surface area contributed by atoms with Gasteiger partial charge in [0.2, 0.25) is 0 Å². The molecule has 1 N–H and O–H groups in total. The zero-order valence-corrected chi connectivity index (χ0v) is 11.6. The number of likely N-dealkylation sites (N-methyl/N-ethyl adjacent to an activating group) is 1. The minimum Gasteiger partial charge on any atom is -0.756 e. The Morgan fingerprint density at radius 1 is 1.25 bits per heavy atom. The van der Waals surface area contributed by atoms with Crippen molar-refractivity contribution >= 4 is 7.82 Å². The molecule has 2 unspecified atom stereocenters. The quantitative estimate of drug-likeness (QED) is 0.520. The van der Waals surface area contributed by atoms with Gasteiger partial charge in [0, 0.05) is 0 Å². The van der Waals surface area contributed by atoms with Gasteiger partial charge in [0.15, 0.2) is 0 Å². The molecule has 0 aliphatic carbocycles. The summed E-state index contributed by atoms with van der Waals surface area (Å²) in [6, 6.07) is 0.106. The summed E-state index contributed by atoms with van der Waals surface area (Å²) in [5, 5.41) is 0. The molecule has 0 aromatic rings. The molecule has 0 rings (SSSR count). The summed E-state index contributed by atoms with van der Waals surface area (Å²) >= 11 is 0. The van der Waals surface area contributed by atoms with E-state index in [-0.39, 0.29) is 12.6 Å². The SMILES string of the molecule is CCC(COP(=O)([O-])O)[N+](CC)(CC)CC. The first-order valence-corrected chi connectivity index (χ1v) is 7.38. The average Bonchev–Trinajstić information content (AvgIpc) is 2.23. The highest BCUT2D eigenvalue weighted by molar-refractivity contribution is 7.44. The van der Waals surface area contributed by atoms with E-state index >= 15 is 0 Å². The molecule has 16 heavy (non-hydrogen) atoms. The highest BCUT2D eigenvalue weighted by Gasteiger charge is 2.31. The highest BCUT2D eigenvalue weighted by atomic mass is 31.2. The van der Waals surface area contributed by atoms with Gasteiger partial charge in [0.1, 0.15) is 12.6 Å². The Balaban J connectivity index is 4.62. The van der Waals surface area contributed by atoms with Crippen LogP contribution >= 0.6 is 7.82 Å². The zero-order chi connectivity index (χ0) is 12.8. The van der Waals surface area contributed by atoms with Gasteiger partial charge >= 0.3 is 0 Å². The molecule has 0 saturated heterocycles. The lowest BCUT2D eigenvalue weighted by Crippen LogP contribution is -2.56. The normalized spacial score (nSPS) is 18.1. The smallest absolute Gasteiger partial charge is 0.265 e. The summed E-state index contributed by atoms with van der Waals surface area (Å²) in [6.45, 7) is 11.1. The lowest BCUT2D eigenvalue weighted by molar-refractivity contribution is -0.947. The minimum atomic E-state index is -4.59. The molecule has 0 fully saturated rings. The Bertz CT molecular complexity index is 229. The molecule has 0 aliphatic rings. The van der Waals surface area contributed by atoms with Crippen molar-refractivity contribution in [2.75, 3.05) is 26.2 Å². The predicted molar refractivity (Wildman–Crippen MR) is 61.7 cm³/mol. The highest BCUT2D eigenvalue weighted by Crippen LogP contribution is 2.32. The van der Waals surface area contributed by atoms with Gasteiger partial charge in [-0.1, -0.05) is 6.92 Å². The van der Waals surface area contributed by atoms with Crippen LogP contribution in [0.3, 0.4) is 0 Å². The number of quaternary nitrogens is 1. The summed E-state index contributed by atoms with van der Waals surface area (Å²) in [5.41, 5.74) is 0. The third-order valence-electron chi connectivity index (χ3n) is 3.57.